The first-order chi connectivity index (χ1) is 7.61. The van der Waals surface area contributed by atoms with Gasteiger partial charge in [-0.1, -0.05) is 41.5 Å². The van der Waals surface area contributed by atoms with Crippen molar-refractivity contribution in [2.24, 2.45) is 10.8 Å². The Morgan fingerprint density at radius 3 is 1.53 bits per heavy atom. The molecule has 0 bridgehead atoms. The van der Waals surface area contributed by atoms with Crippen LogP contribution in [-0.2, 0) is 0 Å². The van der Waals surface area contributed by atoms with Crippen LogP contribution in [0.3, 0.4) is 0 Å². The molecule has 0 aliphatic rings. The molecule has 3 nitrogen and oxygen atoms in total. The van der Waals surface area contributed by atoms with E-state index in [1.807, 2.05) is 0 Å². The minimum Gasteiger partial charge on any atom is -0.395 e. The molecule has 0 aromatic rings. The summed E-state index contributed by atoms with van der Waals surface area (Å²) in [6, 6.07) is 0.377. The topological polar surface area (TPSA) is 43.7 Å². The molecule has 0 rings (SSSR count). The molecule has 0 aromatic carbocycles. The Kier molecular flexibility index (Phi) is 6.67. The highest BCUT2D eigenvalue weighted by Crippen LogP contribution is 2.33. The summed E-state index contributed by atoms with van der Waals surface area (Å²) < 4.78 is 0. The first kappa shape index (κ1) is 16.9. The zero-order chi connectivity index (χ0) is 13.7. The molecule has 0 radical (unpaired) electrons. The lowest BCUT2D eigenvalue weighted by Gasteiger charge is -2.43. The van der Waals surface area contributed by atoms with E-state index in [0.717, 1.165) is 6.42 Å². The average molecular weight is 245 g/mol. The van der Waals surface area contributed by atoms with E-state index in [2.05, 4.69) is 46.4 Å². The number of hydrogen-bond acceptors (Lipinski definition) is 3. The second kappa shape index (κ2) is 6.72. The SMILES string of the molecule is CC(C)(C)CC(N(CCO)CCO)C(C)(C)C. The fourth-order valence-corrected chi connectivity index (χ4v) is 2.24. The third-order valence-electron chi connectivity index (χ3n) is 3.02. The average Bonchev–Trinajstić information content (AvgIpc) is 2.11. The maximum absolute atomic E-state index is 9.15. The second-order valence-electron chi connectivity index (χ2n) is 7.13. The molecule has 0 aromatic heterocycles. The molecular weight excluding hydrogens is 214 g/mol. The summed E-state index contributed by atoms with van der Waals surface area (Å²) in [7, 11) is 0. The summed E-state index contributed by atoms with van der Waals surface area (Å²) in [6.45, 7) is 15.0. The van der Waals surface area contributed by atoms with Gasteiger partial charge in [-0.25, -0.2) is 0 Å². The number of hydrogen-bond donors (Lipinski definition) is 2. The summed E-state index contributed by atoms with van der Waals surface area (Å²) in [4.78, 5) is 2.21. The molecule has 2 N–H and O–H groups in total. The van der Waals surface area contributed by atoms with Gasteiger partial charge >= 0.3 is 0 Å². The van der Waals surface area contributed by atoms with Gasteiger partial charge in [0.05, 0.1) is 13.2 Å². The van der Waals surface area contributed by atoms with Crippen molar-refractivity contribution in [2.45, 2.75) is 54.0 Å². The van der Waals surface area contributed by atoms with E-state index in [9.17, 15) is 0 Å². The molecule has 0 amide bonds. The predicted octanol–water partition coefficient (Wildman–Crippen LogP) is 2.12. The van der Waals surface area contributed by atoms with Crippen LogP contribution in [0.1, 0.15) is 48.0 Å². The third kappa shape index (κ3) is 7.02. The van der Waals surface area contributed by atoms with Gasteiger partial charge in [0, 0.05) is 19.1 Å². The maximum atomic E-state index is 9.15. The molecule has 0 aliphatic heterocycles. The third-order valence-corrected chi connectivity index (χ3v) is 3.02. The maximum Gasteiger partial charge on any atom is 0.0558 e. The highest BCUT2D eigenvalue weighted by Gasteiger charge is 2.33. The van der Waals surface area contributed by atoms with Gasteiger partial charge in [0.15, 0.2) is 0 Å². The van der Waals surface area contributed by atoms with Crippen molar-refractivity contribution in [1.29, 1.82) is 0 Å². The molecule has 104 valence electrons. The first-order valence-electron chi connectivity index (χ1n) is 6.57. The quantitative estimate of drug-likeness (QED) is 0.753. The molecule has 0 aliphatic carbocycles. The molecule has 0 saturated heterocycles. The fourth-order valence-electron chi connectivity index (χ4n) is 2.24. The van der Waals surface area contributed by atoms with E-state index in [0.29, 0.717) is 19.1 Å². The van der Waals surface area contributed by atoms with Gasteiger partial charge in [0.1, 0.15) is 0 Å². The minimum absolute atomic E-state index is 0.150. The smallest absolute Gasteiger partial charge is 0.0558 e. The molecule has 0 fully saturated rings. The first-order valence-corrected chi connectivity index (χ1v) is 6.57. The van der Waals surface area contributed by atoms with E-state index < -0.39 is 0 Å². The molecular formula is C14H31NO2. The Morgan fingerprint density at radius 1 is 0.882 bits per heavy atom. The lowest BCUT2D eigenvalue weighted by atomic mass is 9.76. The molecule has 0 heterocycles. The monoisotopic (exact) mass is 245 g/mol. The number of rotatable bonds is 6. The van der Waals surface area contributed by atoms with Gasteiger partial charge in [-0.2, -0.15) is 0 Å². The largest absolute Gasteiger partial charge is 0.395 e. The Labute approximate surface area is 107 Å². The van der Waals surface area contributed by atoms with Crippen molar-refractivity contribution >= 4 is 0 Å². The van der Waals surface area contributed by atoms with Crippen LogP contribution in [0.5, 0.6) is 0 Å². The van der Waals surface area contributed by atoms with Crippen molar-refractivity contribution in [2.75, 3.05) is 26.3 Å². The molecule has 1 unspecified atom stereocenters. The highest BCUT2D eigenvalue weighted by atomic mass is 16.3. The molecule has 0 saturated carbocycles. The molecule has 1 atom stereocenters. The van der Waals surface area contributed by atoms with Gasteiger partial charge in [-0.3, -0.25) is 4.90 Å². The Bertz CT molecular complexity index is 197. The lowest BCUT2D eigenvalue weighted by Crippen LogP contribution is -2.48. The van der Waals surface area contributed by atoms with E-state index in [4.69, 9.17) is 10.2 Å². The molecule has 17 heavy (non-hydrogen) atoms. The summed E-state index contributed by atoms with van der Waals surface area (Å²) in [5.41, 5.74) is 0.402. The number of aliphatic hydroxyl groups excluding tert-OH is 2. The number of nitrogens with zero attached hydrogens (tertiary/aromatic N) is 1. The zero-order valence-corrected chi connectivity index (χ0v) is 12.5. The summed E-state index contributed by atoms with van der Waals surface area (Å²) in [5.74, 6) is 0. The van der Waals surface area contributed by atoms with Crippen LogP contribution in [0.4, 0.5) is 0 Å². The van der Waals surface area contributed by atoms with Gasteiger partial charge in [-0.05, 0) is 17.3 Å². The van der Waals surface area contributed by atoms with E-state index in [1.54, 1.807) is 0 Å². The minimum atomic E-state index is 0.150. The van der Waals surface area contributed by atoms with Gasteiger partial charge in [0.25, 0.3) is 0 Å². The molecule has 3 heteroatoms. The zero-order valence-electron chi connectivity index (χ0n) is 12.5. The van der Waals surface area contributed by atoms with Crippen LogP contribution in [0.25, 0.3) is 0 Å². The van der Waals surface area contributed by atoms with Crippen molar-refractivity contribution in [1.82, 2.24) is 4.90 Å². The van der Waals surface area contributed by atoms with Crippen LogP contribution in [0.15, 0.2) is 0 Å². The van der Waals surface area contributed by atoms with Crippen LogP contribution < -0.4 is 0 Å². The van der Waals surface area contributed by atoms with Crippen molar-refractivity contribution in [3.8, 4) is 0 Å². The Hall–Kier alpha value is -0.120. The lowest BCUT2D eigenvalue weighted by molar-refractivity contribution is 0.0382. The predicted molar refractivity (Wildman–Crippen MR) is 73.1 cm³/mol. The fraction of sp³-hybridized carbons (Fsp3) is 1.00. The van der Waals surface area contributed by atoms with Crippen LogP contribution >= 0.6 is 0 Å². The van der Waals surface area contributed by atoms with Crippen molar-refractivity contribution in [3.05, 3.63) is 0 Å². The van der Waals surface area contributed by atoms with E-state index in [-0.39, 0.29) is 24.0 Å². The summed E-state index contributed by atoms with van der Waals surface area (Å²) in [5, 5.41) is 18.3. The normalized spacial score (nSPS) is 15.4. The van der Waals surface area contributed by atoms with Crippen molar-refractivity contribution in [3.63, 3.8) is 0 Å². The highest BCUT2D eigenvalue weighted by molar-refractivity contribution is 4.86. The van der Waals surface area contributed by atoms with Crippen LogP contribution in [0.2, 0.25) is 0 Å². The van der Waals surface area contributed by atoms with Gasteiger partial charge < -0.3 is 10.2 Å². The molecule has 0 spiro atoms. The van der Waals surface area contributed by atoms with E-state index in [1.165, 1.54) is 0 Å². The van der Waals surface area contributed by atoms with E-state index >= 15 is 0 Å². The summed E-state index contributed by atoms with van der Waals surface area (Å²) >= 11 is 0. The van der Waals surface area contributed by atoms with Crippen LogP contribution in [-0.4, -0.2) is 47.5 Å². The standard InChI is InChI=1S/C14H31NO2/c1-13(2,3)11-12(14(4,5)6)15(7-9-16)8-10-17/h12,16-17H,7-11H2,1-6H3. The van der Waals surface area contributed by atoms with Gasteiger partial charge in [0.2, 0.25) is 0 Å². The Balaban J connectivity index is 4.86. The van der Waals surface area contributed by atoms with Crippen LogP contribution in [0, 0.1) is 10.8 Å². The van der Waals surface area contributed by atoms with Gasteiger partial charge in [-0.15, -0.1) is 0 Å². The summed E-state index contributed by atoms with van der Waals surface area (Å²) in [6.07, 6.45) is 1.07. The Morgan fingerprint density at radius 2 is 1.29 bits per heavy atom. The number of aliphatic hydroxyl groups is 2. The second-order valence-corrected chi connectivity index (χ2v) is 7.13. The van der Waals surface area contributed by atoms with Crippen molar-refractivity contribution < 1.29 is 10.2 Å².